The molecule has 1 N–H and O–H groups in total. The maximum Gasteiger partial charge on any atom is 0.160 e. The van der Waals surface area contributed by atoms with Gasteiger partial charge in [-0.05, 0) is 38.1 Å². The first-order chi connectivity index (χ1) is 8.04. The van der Waals surface area contributed by atoms with Gasteiger partial charge in [0.2, 0.25) is 0 Å². The minimum Gasteiger partial charge on any atom is -0.313 e. The molecule has 0 aliphatic carbocycles. The zero-order valence-corrected chi connectivity index (χ0v) is 10.8. The standard InChI is InChI=1S/C12H17F2NOS/c1-3-6-15-9(2)8-17(16)10-4-5-11(13)12(14)7-10/h4-5,7,9,15H,3,6,8H2,1-2H3. The molecule has 0 amide bonds. The summed E-state index contributed by atoms with van der Waals surface area (Å²) < 4.78 is 37.5. The summed E-state index contributed by atoms with van der Waals surface area (Å²) in [4.78, 5) is 0.328. The molecule has 2 atom stereocenters. The summed E-state index contributed by atoms with van der Waals surface area (Å²) in [6.45, 7) is 4.83. The molecule has 0 heterocycles. The minimum atomic E-state index is -1.30. The first-order valence-corrected chi connectivity index (χ1v) is 6.93. The van der Waals surface area contributed by atoms with Crippen LogP contribution in [0.4, 0.5) is 8.78 Å². The fourth-order valence-corrected chi connectivity index (χ4v) is 2.61. The highest BCUT2D eigenvalue weighted by Gasteiger charge is 2.11. The van der Waals surface area contributed by atoms with Crippen LogP contribution in [0.5, 0.6) is 0 Å². The number of benzene rings is 1. The lowest BCUT2D eigenvalue weighted by atomic mass is 10.3. The molecule has 1 rings (SSSR count). The molecule has 96 valence electrons. The fraction of sp³-hybridized carbons (Fsp3) is 0.500. The van der Waals surface area contributed by atoms with Gasteiger partial charge in [0.1, 0.15) is 0 Å². The largest absolute Gasteiger partial charge is 0.313 e. The van der Waals surface area contributed by atoms with Crippen molar-refractivity contribution >= 4 is 10.8 Å². The normalized spacial score (nSPS) is 14.6. The minimum absolute atomic E-state index is 0.0869. The summed E-state index contributed by atoms with van der Waals surface area (Å²) >= 11 is 0. The van der Waals surface area contributed by atoms with Crippen LogP contribution in [0.25, 0.3) is 0 Å². The van der Waals surface area contributed by atoms with Gasteiger partial charge in [0.15, 0.2) is 11.6 Å². The van der Waals surface area contributed by atoms with E-state index < -0.39 is 22.4 Å². The van der Waals surface area contributed by atoms with Crippen LogP contribution in [-0.2, 0) is 10.8 Å². The topological polar surface area (TPSA) is 29.1 Å². The summed E-state index contributed by atoms with van der Waals surface area (Å²) in [5.74, 6) is -1.47. The van der Waals surface area contributed by atoms with Gasteiger partial charge in [0.25, 0.3) is 0 Å². The monoisotopic (exact) mass is 261 g/mol. The predicted molar refractivity (Wildman–Crippen MR) is 65.4 cm³/mol. The number of hydrogen-bond donors (Lipinski definition) is 1. The van der Waals surface area contributed by atoms with E-state index in [0.29, 0.717) is 10.6 Å². The van der Waals surface area contributed by atoms with Crippen molar-refractivity contribution in [2.45, 2.75) is 31.2 Å². The van der Waals surface area contributed by atoms with Crippen LogP contribution in [0.3, 0.4) is 0 Å². The summed E-state index contributed by atoms with van der Waals surface area (Å²) in [5.41, 5.74) is 0. The van der Waals surface area contributed by atoms with E-state index in [1.807, 2.05) is 13.8 Å². The number of rotatable bonds is 6. The zero-order chi connectivity index (χ0) is 12.8. The van der Waals surface area contributed by atoms with E-state index in [4.69, 9.17) is 0 Å². The highest BCUT2D eigenvalue weighted by Crippen LogP contribution is 2.13. The van der Waals surface area contributed by atoms with Crippen LogP contribution >= 0.6 is 0 Å². The third-order valence-corrected chi connectivity index (χ3v) is 3.88. The quantitative estimate of drug-likeness (QED) is 0.852. The van der Waals surface area contributed by atoms with Gasteiger partial charge >= 0.3 is 0 Å². The third-order valence-electron chi connectivity index (χ3n) is 2.30. The lowest BCUT2D eigenvalue weighted by Gasteiger charge is -2.12. The molecule has 0 aliphatic rings. The van der Waals surface area contributed by atoms with Gasteiger partial charge < -0.3 is 5.32 Å². The van der Waals surface area contributed by atoms with E-state index in [1.165, 1.54) is 6.07 Å². The molecule has 1 aromatic rings. The van der Waals surface area contributed by atoms with E-state index in [-0.39, 0.29) is 6.04 Å². The Labute approximate surface area is 103 Å². The van der Waals surface area contributed by atoms with Crippen LogP contribution < -0.4 is 5.32 Å². The van der Waals surface area contributed by atoms with E-state index in [9.17, 15) is 13.0 Å². The van der Waals surface area contributed by atoms with Crippen molar-refractivity contribution in [3.8, 4) is 0 Å². The predicted octanol–water partition coefficient (Wildman–Crippen LogP) is 2.46. The molecule has 0 aromatic heterocycles. The van der Waals surface area contributed by atoms with E-state index >= 15 is 0 Å². The van der Waals surface area contributed by atoms with Crippen LogP contribution in [0.2, 0.25) is 0 Å². The Kier molecular flexibility index (Phi) is 5.71. The van der Waals surface area contributed by atoms with Gasteiger partial charge in [-0.2, -0.15) is 0 Å². The maximum atomic E-state index is 13.0. The SMILES string of the molecule is CCCNC(C)CS(=O)c1ccc(F)c(F)c1. The maximum absolute atomic E-state index is 13.0. The van der Waals surface area contributed by atoms with Gasteiger partial charge in [-0.3, -0.25) is 4.21 Å². The smallest absolute Gasteiger partial charge is 0.160 e. The van der Waals surface area contributed by atoms with Crippen LogP contribution in [0, 0.1) is 11.6 Å². The molecule has 0 bridgehead atoms. The number of nitrogens with one attached hydrogen (secondary N) is 1. The van der Waals surface area contributed by atoms with Crippen molar-refractivity contribution in [2.75, 3.05) is 12.3 Å². The second kappa shape index (κ2) is 6.81. The molecule has 2 unspecified atom stereocenters. The molecule has 0 aliphatic heterocycles. The van der Waals surface area contributed by atoms with Crippen LogP contribution in [-0.4, -0.2) is 22.5 Å². The number of halogens is 2. The number of hydrogen-bond acceptors (Lipinski definition) is 2. The molecular formula is C12H17F2NOS. The van der Waals surface area contributed by atoms with Crippen molar-refractivity contribution in [3.05, 3.63) is 29.8 Å². The Balaban J connectivity index is 2.60. The summed E-state index contributed by atoms with van der Waals surface area (Å²) in [5, 5.41) is 3.20. The second-order valence-electron chi connectivity index (χ2n) is 3.94. The first-order valence-electron chi connectivity index (χ1n) is 5.61. The average molecular weight is 261 g/mol. The fourth-order valence-electron chi connectivity index (χ4n) is 1.39. The summed E-state index contributed by atoms with van der Waals surface area (Å²) in [7, 11) is -1.30. The Bertz CT molecular complexity index is 398. The van der Waals surface area contributed by atoms with Crippen molar-refractivity contribution in [2.24, 2.45) is 0 Å². The molecular weight excluding hydrogens is 244 g/mol. The van der Waals surface area contributed by atoms with Crippen LogP contribution in [0.15, 0.2) is 23.1 Å². The molecule has 17 heavy (non-hydrogen) atoms. The molecule has 0 fully saturated rings. The van der Waals surface area contributed by atoms with Gasteiger partial charge in [0, 0.05) is 16.7 Å². The zero-order valence-electron chi connectivity index (χ0n) is 10.0. The molecule has 0 radical (unpaired) electrons. The van der Waals surface area contributed by atoms with Gasteiger partial charge in [-0.25, -0.2) is 8.78 Å². The van der Waals surface area contributed by atoms with E-state index in [0.717, 1.165) is 25.1 Å². The van der Waals surface area contributed by atoms with Crippen molar-refractivity contribution < 1.29 is 13.0 Å². The lowest BCUT2D eigenvalue weighted by Crippen LogP contribution is -2.31. The molecule has 2 nitrogen and oxygen atoms in total. The molecule has 0 spiro atoms. The highest BCUT2D eigenvalue weighted by atomic mass is 32.2. The molecule has 0 saturated heterocycles. The molecule has 5 heteroatoms. The van der Waals surface area contributed by atoms with Crippen molar-refractivity contribution in [3.63, 3.8) is 0 Å². The Morgan fingerprint density at radius 2 is 2.06 bits per heavy atom. The lowest BCUT2D eigenvalue weighted by molar-refractivity contribution is 0.505. The Morgan fingerprint density at radius 1 is 1.35 bits per heavy atom. The van der Waals surface area contributed by atoms with E-state index in [2.05, 4.69) is 5.32 Å². The average Bonchev–Trinajstić information content (AvgIpc) is 2.30. The Hall–Kier alpha value is -0.810. The molecule has 0 saturated carbocycles. The summed E-state index contributed by atoms with van der Waals surface area (Å²) in [6, 6.07) is 3.45. The first kappa shape index (κ1) is 14.3. The summed E-state index contributed by atoms with van der Waals surface area (Å²) in [6.07, 6.45) is 1.00. The van der Waals surface area contributed by atoms with Crippen molar-refractivity contribution in [1.29, 1.82) is 0 Å². The molecule has 1 aromatic carbocycles. The van der Waals surface area contributed by atoms with Gasteiger partial charge in [-0.15, -0.1) is 0 Å². The third kappa shape index (κ3) is 4.52. The second-order valence-corrected chi connectivity index (χ2v) is 5.44. The van der Waals surface area contributed by atoms with E-state index in [1.54, 1.807) is 0 Å². The Morgan fingerprint density at radius 3 is 2.65 bits per heavy atom. The van der Waals surface area contributed by atoms with Gasteiger partial charge in [0.05, 0.1) is 10.8 Å². The van der Waals surface area contributed by atoms with Crippen molar-refractivity contribution in [1.82, 2.24) is 5.32 Å². The van der Waals surface area contributed by atoms with Gasteiger partial charge in [-0.1, -0.05) is 6.92 Å². The van der Waals surface area contributed by atoms with Crippen LogP contribution in [0.1, 0.15) is 20.3 Å². The highest BCUT2D eigenvalue weighted by molar-refractivity contribution is 7.85.